The summed E-state index contributed by atoms with van der Waals surface area (Å²) >= 11 is 1.25. The second kappa shape index (κ2) is 7.48. The van der Waals surface area contributed by atoms with Gasteiger partial charge in [-0.1, -0.05) is 11.8 Å². The zero-order valence-electron chi connectivity index (χ0n) is 12.9. The van der Waals surface area contributed by atoms with Crippen LogP contribution in [-0.2, 0) is 9.59 Å². The van der Waals surface area contributed by atoms with Crippen LogP contribution in [0.5, 0.6) is 0 Å². The van der Waals surface area contributed by atoms with Gasteiger partial charge in [0.15, 0.2) is 5.82 Å². The first kappa shape index (κ1) is 16.6. The molecule has 1 saturated carbocycles. The Balaban J connectivity index is 1.86. The predicted octanol–water partition coefficient (Wildman–Crippen LogP) is -0.0540. The van der Waals surface area contributed by atoms with Crippen LogP contribution in [0.3, 0.4) is 0 Å². The van der Waals surface area contributed by atoms with Crippen molar-refractivity contribution in [2.75, 3.05) is 31.2 Å². The Bertz CT molecular complexity index is 543. The van der Waals surface area contributed by atoms with Gasteiger partial charge in [-0.05, 0) is 26.7 Å². The zero-order chi connectivity index (χ0) is 16.1. The molecule has 22 heavy (non-hydrogen) atoms. The molecule has 0 saturated heterocycles. The molecule has 0 unspecified atom stereocenters. The first-order valence-corrected chi connectivity index (χ1v) is 8.43. The van der Waals surface area contributed by atoms with Gasteiger partial charge in [0.1, 0.15) is 0 Å². The van der Waals surface area contributed by atoms with E-state index in [-0.39, 0.29) is 24.1 Å². The first-order chi connectivity index (χ1) is 10.6. The number of hydrogen-bond acceptors (Lipinski definition) is 6. The van der Waals surface area contributed by atoms with E-state index in [1.807, 2.05) is 13.8 Å². The van der Waals surface area contributed by atoms with Crippen LogP contribution in [0, 0.1) is 0 Å². The maximum atomic E-state index is 12.2. The lowest BCUT2D eigenvalue weighted by Crippen LogP contribution is -2.41. The summed E-state index contributed by atoms with van der Waals surface area (Å²) in [5.41, 5.74) is 0. The molecule has 1 aliphatic rings. The molecule has 1 heterocycles. The fraction of sp³-hybridized carbons (Fsp3) is 0.692. The van der Waals surface area contributed by atoms with Crippen molar-refractivity contribution < 1.29 is 9.59 Å². The standard InChI is InChI=1S/C13H22N6O2S/c1-3-15-10(20)7-18(4-2)11(21)8-22-13-17-16-12(19(13)14)9-5-6-9/h9H,3-8,14H2,1-2H3,(H,15,20). The molecule has 1 fully saturated rings. The molecule has 1 aromatic rings. The summed E-state index contributed by atoms with van der Waals surface area (Å²) in [6.07, 6.45) is 2.18. The summed E-state index contributed by atoms with van der Waals surface area (Å²) in [6, 6.07) is 0. The van der Waals surface area contributed by atoms with E-state index in [9.17, 15) is 9.59 Å². The van der Waals surface area contributed by atoms with Crippen molar-refractivity contribution in [2.24, 2.45) is 0 Å². The van der Waals surface area contributed by atoms with Crippen LogP contribution in [0.1, 0.15) is 38.4 Å². The maximum Gasteiger partial charge on any atom is 0.239 e. The summed E-state index contributed by atoms with van der Waals surface area (Å²) in [6.45, 7) is 4.81. The molecule has 0 bridgehead atoms. The molecular weight excluding hydrogens is 304 g/mol. The Morgan fingerprint density at radius 2 is 2.14 bits per heavy atom. The predicted molar refractivity (Wildman–Crippen MR) is 83.8 cm³/mol. The summed E-state index contributed by atoms with van der Waals surface area (Å²) in [7, 11) is 0. The summed E-state index contributed by atoms with van der Waals surface area (Å²) in [5.74, 6) is 7.05. The second-order valence-electron chi connectivity index (χ2n) is 5.14. The molecule has 0 atom stereocenters. The summed E-state index contributed by atoms with van der Waals surface area (Å²) in [4.78, 5) is 25.3. The molecule has 0 aromatic carbocycles. The molecule has 2 rings (SSSR count). The molecule has 0 radical (unpaired) electrons. The Kier molecular flexibility index (Phi) is 5.64. The van der Waals surface area contributed by atoms with E-state index in [1.54, 1.807) is 0 Å². The minimum atomic E-state index is -0.152. The number of thioether (sulfide) groups is 1. The van der Waals surface area contributed by atoms with E-state index in [0.717, 1.165) is 18.7 Å². The largest absolute Gasteiger partial charge is 0.355 e. The van der Waals surface area contributed by atoms with Crippen LogP contribution in [0.2, 0.25) is 0 Å². The van der Waals surface area contributed by atoms with Crippen LogP contribution in [-0.4, -0.2) is 57.0 Å². The lowest BCUT2D eigenvalue weighted by atomic mass is 10.4. The van der Waals surface area contributed by atoms with Gasteiger partial charge in [-0.25, -0.2) is 4.68 Å². The Morgan fingerprint density at radius 3 is 2.73 bits per heavy atom. The number of nitrogen functional groups attached to an aromatic ring is 1. The number of hydrogen-bond donors (Lipinski definition) is 2. The molecule has 1 aliphatic carbocycles. The van der Waals surface area contributed by atoms with Gasteiger partial charge in [-0.15, -0.1) is 10.2 Å². The molecular formula is C13H22N6O2S. The second-order valence-corrected chi connectivity index (χ2v) is 6.08. The molecule has 3 N–H and O–H groups in total. The van der Waals surface area contributed by atoms with E-state index >= 15 is 0 Å². The van der Waals surface area contributed by atoms with Crippen molar-refractivity contribution in [3.8, 4) is 0 Å². The summed E-state index contributed by atoms with van der Waals surface area (Å²) < 4.78 is 1.47. The van der Waals surface area contributed by atoms with Crippen LogP contribution >= 0.6 is 11.8 Å². The number of likely N-dealkylation sites (N-methyl/N-ethyl adjacent to an activating group) is 2. The molecule has 9 heteroatoms. The van der Waals surface area contributed by atoms with E-state index in [1.165, 1.54) is 21.3 Å². The Hall–Kier alpha value is -1.77. The fourth-order valence-corrected chi connectivity index (χ4v) is 2.79. The fourth-order valence-electron chi connectivity index (χ4n) is 2.03. The normalized spacial score (nSPS) is 13.9. The number of nitrogens with one attached hydrogen (secondary N) is 1. The van der Waals surface area contributed by atoms with Crippen LogP contribution in [0.4, 0.5) is 0 Å². The zero-order valence-corrected chi connectivity index (χ0v) is 13.7. The molecule has 0 aliphatic heterocycles. The third-order valence-electron chi connectivity index (χ3n) is 3.40. The number of carbonyl (C=O) groups excluding carboxylic acids is 2. The highest BCUT2D eigenvalue weighted by atomic mass is 32.2. The van der Waals surface area contributed by atoms with Gasteiger partial charge in [0.25, 0.3) is 0 Å². The molecule has 1 aromatic heterocycles. The SMILES string of the molecule is CCNC(=O)CN(CC)C(=O)CSc1nnc(C2CC2)n1N. The topological polar surface area (TPSA) is 106 Å². The van der Waals surface area contributed by atoms with Gasteiger partial charge in [-0.3, -0.25) is 9.59 Å². The smallest absolute Gasteiger partial charge is 0.239 e. The van der Waals surface area contributed by atoms with E-state index in [4.69, 9.17) is 5.84 Å². The number of carbonyl (C=O) groups is 2. The van der Waals surface area contributed by atoms with Crippen molar-refractivity contribution in [1.82, 2.24) is 25.1 Å². The first-order valence-electron chi connectivity index (χ1n) is 7.44. The molecule has 122 valence electrons. The average molecular weight is 326 g/mol. The molecule has 0 spiro atoms. The number of nitrogens with two attached hydrogens (primary N) is 1. The van der Waals surface area contributed by atoms with Gasteiger partial charge in [0.05, 0.1) is 12.3 Å². The molecule has 8 nitrogen and oxygen atoms in total. The number of aromatic nitrogens is 3. The lowest BCUT2D eigenvalue weighted by molar-refractivity contribution is -0.133. The van der Waals surface area contributed by atoms with Gasteiger partial charge < -0.3 is 16.1 Å². The van der Waals surface area contributed by atoms with E-state index in [0.29, 0.717) is 24.2 Å². The minimum Gasteiger partial charge on any atom is -0.355 e. The highest BCUT2D eigenvalue weighted by Crippen LogP contribution is 2.39. The monoisotopic (exact) mass is 326 g/mol. The van der Waals surface area contributed by atoms with Gasteiger partial charge >= 0.3 is 0 Å². The highest BCUT2D eigenvalue weighted by molar-refractivity contribution is 7.99. The van der Waals surface area contributed by atoms with Crippen molar-refractivity contribution in [3.63, 3.8) is 0 Å². The van der Waals surface area contributed by atoms with Gasteiger partial charge in [-0.2, -0.15) is 0 Å². The average Bonchev–Trinajstić information content (AvgIpc) is 3.27. The quantitative estimate of drug-likeness (QED) is 0.512. The number of nitrogens with zero attached hydrogens (tertiary/aromatic N) is 4. The maximum absolute atomic E-state index is 12.2. The van der Waals surface area contributed by atoms with Crippen molar-refractivity contribution in [2.45, 2.75) is 37.8 Å². The van der Waals surface area contributed by atoms with Crippen molar-refractivity contribution in [1.29, 1.82) is 0 Å². The van der Waals surface area contributed by atoms with Crippen LogP contribution in [0.25, 0.3) is 0 Å². The van der Waals surface area contributed by atoms with Crippen molar-refractivity contribution in [3.05, 3.63) is 5.82 Å². The van der Waals surface area contributed by atoms with Crippen LogP contribution < -0.4 is 11.2 Å². The Morgan fingerprint density at radius 1 is 1.41 bits per heavy atom. The highest BCUT2D eigenvalue weighted by Gasteiger charge is 2.30. The minimum absolute atomic E-state index is 0.0758. The third-order valence-corrected chi connectivity index (χ3v) is 4.33. The number of rotatable bonds is 8. The third kappa shape index (κ3) is 4.12. The van der Waals surface area contributed by atoms with Crippen LogP contribution in [0.15, 0.2) is 5.16 Å². The van der Waals surface area contributed by atoms with Gasteiger partial charge in [0, 0.05) is 19.0 Å². The van der Waals surface area contributed by atoms with Gasteiger partial charge in [0.2, 0.25) is 17.0 Å². The number of amides is 2. The van der Waals surface area contributed by atoms with E-state index < -0.39 is 0 Å². The Labute approximate surface area is 133 Å². The lowest BCUT2D eigenvalue weighted by Gasteiger charge is -2.19. The van der Waals surface area contributed by atoms with Crippen molar-refractivity contribution >= 4 is 23.6 Å². The van der Waals surface area contributed by atoms with E-state index in [2.05, 4.69) is 15.5 Å². The summed E-state index contributed by atoms with van der Waals surface area (Å²) in [5, 5.41) is 11.3. The molecule has 2 amide bonds.